The number of amides is 1. The van der Waals surface area contributed by atoms with Crippen LogP contribution in [0.25, 0.3) is 0 Å². The van der Waals surface area contributed by atoms with Crippen LogP contribution in [-0.2, 0) is 4.74 Å². The largest absolute Gasteiger partial charge is 0.497 e. The van der Waals surface area contributed by atoms with Gasteiger partial charge >= 0.3 is 0 Å². The normalized spacial score (nSPS) is 15.3. The van der Waals surface area contributed by atoms with Crippen molar-refractivity contribution in [3.63, 3.8) is 0 Å². The van der Waals surface area contributed by atoms with Crippen molar-refractivity contribution in [1.29, 1.82) is 0 Å². The van der Waals surface area contributed by atoms with Crippen molar-refractivity contribution in [2.45, 2.75) is 12.8 Å². The first kappa shape index (κ1) is 17.3. The third-order valence-corrected chi connectivity index (χ3v) is 4.09. The number of piperidine rings is 1. The molecule has 1 aromatic rings. The molecule has 0 aliphatic carbocycles. The molecule has 1 fully saturated rings. The molecule has 0 bridgehead atoms. The Balaban J connectivity index is 1.95. The molecule has 1 aromatic carbocycles. The summed E-state index contributed by atoms with van der Waals surface area (Å²) in [4.78, 5) is 14.6. The predicted octanol–water partition coefficient (Wildman–Crippen LogP) is 2.76. The van der Waals surface area contributed by atoms with Crippen LogP contribution in [0.2, 0.25) is 0 Å². The molecule has 126 valence electrons. The van der Waals surface area contributed by atoms with Crippen LogP contribution in [0.4, 0.5) is 0 Å². The van der Waals surface area contributed by atoms with Crippen molar-refractivity contribution < 1.29 is 19.0 Å². The summed E-state index contributed by atoms with van der Waals surface area (Å²) in [6, 6.07) is 5.27. The highest BCUT2D eigenvalue weighted by atomic mass is 16.5. The van der Waals surface area contributed by atoms with Crippen molar-refractivity contribution in [2.24, 2.45) is 5.92 Å². The first-order valence-electron chi connectivity index (χ1n) is 7.89. The van der Waals surface area contributed by atoms with Crippen molar-refractivity contribution in [3.8, 4) is 11.5 Å². The summed E-state index contributed by atoms with van der Waals surface area (Å²) >= 11 is 0. The second-order valence-corrected chi connectivity index (χ2v) is 5.66. The van der Waals surface area contributed by atoms with Gasteiger partial charge in [-0.3, -0.25) is 4.79 Å². The van der Waals surface area contributed by atoms with Crippen LogP contribution in [-0.4, -0.2) is 51.3 Å². The molecule has 0 N–H and O–H groups in total. The van der Waals surface area contributed by atoms with E-state index in [2.05, 4.69) is 6.58 Å². The Labute approximate surface area is 137 Å². The highest BCUT2D eigenvalue weighted by Gasteiger charge is 2.24. The van der Waals surface area contributed by atoms with Crippen LogP contribution >= 0.6 is 0 Å². The molecule has 23 heavy (non-hydrogen) atoms. The smallest absolute Gasteiger partial charge is 0.254 e. The van der Waals surface area contributed by atoms with E-state index in [0.717, 1.165) is 32.5 Å². The maximum absolute atomic E-state index is 12.7. The molecule has 0 atom stereocenters. The minimum absolute atomic E-state index is 0.0210. The second-order valence-electron chi connectivity index (χ2n) is 5.66. The average molecular weight is 319 g/mol. The Hall–Kier alpha value is -2.01. The number of benzene rings is 1. The van der Waals surface area contributed by atoms with Crippen LogP contribution in [0, 0.1) is 5.92 Å². The second kappa shape index (κ2) is 8.58. The lowest BCUT2D eigenvalue weighted by molar-refractivity contribution is 0.0575. The molecule has 0 unspecified atom stereocenters. The fourth-order valence-electron chi connectivity index (χ4n) is 2.73. The lowest BCUT2D eigenvalue weighted by atomic mass is 9.97. The van der Waals surface area contributed by atoms with Gasteiger partial charge in [-0.05, 0) is 30.9 Å². The number of carbonyl (C=O) groups excluding carboxylic acids is 1. The molecule has 0 spiro atoms. The Morgan fingerprint density at radius 1 is 1.22 bits per heavy atom. The number of ether oxygens (including phenoxy) is 3. The number of hydrogen-bond donors (Lipinski definition) is 0. The standard InChI is InChI=1S/C18H25NO4/c1-4-9-23-13-14-5-7-19(8-6-14)18(20)15-10-16(21-2)12-17(11-15)22-3/h4,10-12,14H,1,5-9,13H2,2-3H3. The van der Waals surface area contributed by atoms with Crippen molar-refractivity contribution >= 4 is 5.91 Å². The van der Waals surface area contributed by atoms with Gasteiger partial charge in [-0.15, -0.1) is 6.58 Å². The third kappa shape index (κ3) is 4.73. The van der Waals surface area contributed by atoms with E-state index < -0.39 is 0 Å². The Morgan fingerprint density at radius 3 is 2.35 bits per heavy atom. The first-order valence-corrected chi connectivity index (χ1v) is 7.89. The topological polar surface area (TPSA) is 48.0 Å². The van der Waals surface area contributed by atoms with Crippen LogP contribution in [0.1, 0.15) is 23.2 Å². The van der Waals surface area contributed by atoms with Gasteiger partial charge in [-0.2, -0.15) is 0 Å². The molecule has 5 heteroatoms. The molecule has 2 rings (SSSR count). The number of methoxy groups -OCH3 is 2. The average Bonchev–Trinajstić information content (AvgIpc) is 2.61. The fraction of sp³-hybridized carbons (Fsp3) is 0.500. The van der Waals surface area contributed by atoms with E-state index in [1.807, 2.05) is 4.90 Å². The van der Waals surface area contributed by atoms with E-state index in [1.54, 1.807) is 38.5 Å². The summed E-state index contributed by atoms with van der Waals surface area (Å²) in [7, 11) is 3.16. The van der Waals surface area contributed by atoms with Crippen molar-refractivity contribution in [1.82, 2.24) is 4.90 Å². The van der Waals surface area contributed by atoms with Gasteiger partial charge in [0, 0.05) is 31.3 Å². The summed E-state index contributed by atoms with van der Waals surface area (Å²) < 4.78 is 16.0. The first-order chi connectivity index (χ1) is 11.2. The summed E-state index contributed by atoms with van der Waals surface area (Å²) in [5.41, 5.74) is 0.600. The number of rotatable bonds is 7. The fourth-order valence-corrected chi connectivity index (χ4v) is 2.73. The zero-order chi connectivity index (χ0) is 16.7. The van der Waals surface area contributed by atoms with Gasteiger partial charge in [0.2, 0.25) is 0 Å². The third-order valence-electron chi connectivity index (χ3n) is 4.09. The van der Waals surface area contributed by atoms with Gasteiger partial charge in [0.15, 0.2) is 0 Å². The molecule has 5 nitrogen and oxygen atoms in total. The van der Waals surface area contributed by atoms with Gasteiger partial charge < -0.3 is 19.1 Å². The molecule has 1 aliphatic heterocycles. The lowest BCUT2D eigenvalue weighted by Crippen LogP contribution is -2.39. The quantitative estimate of drug-likeness (QED) is 0.573. The Morgan fingerprint density at radius 2 is 1.83 bits per heavy atom. The zero-order valence-electron chi connectivity index (χ0n) is 13.9. The van der Waals surface area contributed by atoms with E-state index in [1.165, 1.54) is 0 Å². The number of likely N-dealkylation sites (tertiary alicyclic amines) is 1. The van der Waals surface area contributed by atoms with E-state index in [9.17, 15) is 4.79 Å². The van der Waals surface area contributed by atoms with Crippen molar-refractivity contribution in [3.05, 3.63) is 36.4 Å². The molecule has 1 aliphatic rings. The SMILES string of the molecule is C=CCOCC1CCN(C(=O)c2cc(OC)cc(OC)c2)CC1. The number of nitrogens with zero attached hydrogens (tertiary/aromatic N) is 1. The van der Waals surface area contributed by atoms with Gasteiger partial charge in [0.25, 0.3) is 5.91 Å². The maximum Gasteiger partial charge on any atom is 0.254 e. The van der Waals surface area contributed by atoms with Crippen LogP contribution < -0.4 is 9.47 Å². The van der Waals surface area contributed by atoms with E-state index in [0.29, 0.717) is 29.6 Å². The van der Waals surface area contributed by atoms with Crippen LogP contribution in [0.5, 0.6) is 11.5 Å². The van der Waals surface area contributed by atoms with Gasteiger partial charge in [-0.25, -0.2) is 0 Å². The number of hydrogen-bond acceptors (Lipinski definition) is 4. The highest BCUT2D eigenvalue weighted by Crippen LogP contribution is 2.25. The maximum atomic E-state index is 12.7. The molecule has 1 heterocycles. The molecule has 0 aromatic heterocycles. The Bertz CT molecular complexity index is 514. The minimum atomic E-state index is 0.0210. The minimum Gasteiger partial charge on any atom is -0.497 e. The van der Waals surface area contributed by atoms with E-state index in [4.69, 9.17) is 14.2 Å². The van der Waals surface area contributed by atoms with Crippen LogP contribution in [0.3, 0.4) is 0 Å². The lowest BCUT2D eigenvalue weighted by Gasteiger charge is -2.32. The molecule has 0 saturated carbocycles. The molecule has 1 amide bonds. The van der Waals surface area contributed by atoms with Crippen molar-refractivity contribution in [2.75, 3.05) is 40.5 Å². The molecule has 1 saturated heterocycles. The Kier molecular flexibility index (Phi) is 6.47. The summed E-state index contributed by atoms with van der Waals surface area (Å²) in [5.74, 6) is 1.78. The van der Waals surface area contributed by atoms with Gasteiger partial charge in [0.05, 0.1) is 20.8 Å². The summed E-state index contributed by atoms with van der Waals surface area (Å²) in [6.07, 6.45) is 3.68. The molecular weight excluding hydrogens is 294 g/mol. The van der Waals surface area contributed by atoms with Crippen LogP contribution in [0.15, 0.2) is 30.9 Å². The van der Waals surface area contributed by atoms with Gasteiger partial charge in [-0.1, -0.05) is 6.08 Å². The molecular formula is C18H25NO4. The zero-order valence-corrected chi connectivity index (χ0v) is 13.9. The predicted molar refractivity (Wildman–Crippen MR) is 89.2 cm³/mol. The summed E-state index contributed by atoms with van der Waals surface area (Å²) in [5, 5.41) is 0. The monoisotopic (exact) mass is 319 g/mol. The van der Waals surface area contributed by atoms with E-state index in [-0.39, 0.29) is 5.91 Å². The van der Waals surface area contributed by atoms with E-state index >= 15 is 0 Å². The summed E-state index contributed by atoms with van der Waals surface area (Å²) in [6.45, 7) is 6.47. The number of carbonyl (C=O) groups is 1. The van der Waals surface area contributed by atoms with Gasteiger partial charge in [0.1, 0.15) is 11.5 Å². The highest BCUT2D eigenvalue weighted by molar-refractivity contribution is 5.95. The molecule has 0 radical (unpaired) electrons.